The minimum atomic E-state index is 0.307. The van der Waals surface area contributed by atoms with Gasteiger partial charge in [-0.25, -0.2) is 0 Å². The van der Waals surface area contributed by atoms with Gasteiger partial charge in [-0.1, -0.05) is 34.6 Å². The van der Waals surface area contributed by atoms with E-state index in [1.807, 2.05) is 0 Å². The van der Waals surface area contributed by atoms with Gasteiger partial charge in [0.15, 0.2) is 0 Å². The van der Waals surface area contributed by atoms with Gasteiger partial charge in [0.1, 0.15) is 0 Å². The first kappa shape index (κ1) is 15.3. The molecule has 0 aromatic heterocycles. The van der Waals surface area contributed by atoms with Crippen molar-refractivity contribution in [1.82, 2.24) is 5.32 Å². The predicted molar refractivity (Wildman–Crippen MR) is 81.3 cm³/mol. The predicted octanol–water partition coefficient (Wildman–Crippen LogP) is 3.99. The van der Waals surface area contributed by atoms with Crippen LogP contribution >= 0.6 is 0 Å². The first-order chi connectivity index (χ1) is 8.95. The molecule has 19 heavy (non-hydrogen) atoms. The van der Waals surface area contributed by atoms with Crippen molar-refractivity contribution in [3.63, 3.8) is 0 Å². The standard InChI is InChI=1S/C17H33NO/c1-6-9-18-15-11-16(17(15,4)5)19-14-8-7-12(2)13(3)10-14/h12-16,18H,6-11H2,1-5H3. The summed E-state index contributed by atoms with van der Waals surface area (Å²) in [4.78, 5) is 0. The third-order valence-electron chi connectivity index (χ3n) is 5.73. The Kier molecular flexibility index (Phi) is 4.94. The Balaban J connectivity index is 1.78. The fraction of sp³-hybridized carbons (Fsp3) is 1.00. The summed E-state index contributed by atoms with van der Waals surface area (Å²) in [6.07, 6.45) is 7.28. The minimum Gasteiger partial charge on any atom is -0.374 e. The molecule has 0 amide bonds. The highest BCUT2D eigenvalue weighted by Gasteiger charge is 2.49. The maximum atomic E-state index is 6.43. The van der Waals surface area contributed by atoms with Gasteiger partial charge in [-0.15, -0.1) is 0 Å². The van der Waals surface area contributed by atoms with Crippen molar-refractivity contribution < 1.29 is 4.74 Å². The number of hydrogen-bond donors (Lipinski definition) is 1. The maximum absolute atomic E-state index is 6.43. The van der Waals surface area contributed by atoms with Crippen LogP contribution in [0.3, 0.4) is 0 Å². The van der Waals surface area contributed by atoms with Crippen LogP contribution in [0, 0.1) is 17.3 Å². The Labute approximate surface area is 119 Å². The molecule has 2 saturated carbocycles. The molecule has 0 heterocycles. The Morgan fingerprint density at radius 2 is 1.84 bits per heavy atom. The lowest BCUT2D eigenvalue weighted by atomic mass is 9.64. The molecule has 5 unspecified atom stereocenters. The van der Waals surface area contributed by atoms with Crippen molar-refractivity contribution in [1.29, 1.82) is 0 Å². The first-order valence-corrected chi connectivity index (χ1v) is 8.34. The molecule has 2 fully saturated rings. The molecule has 0 spiro atoms. The topological polar surface area (TPSA) is 21.3 Å². The molecule has 2 aliphatic carbocycles. The zero-order chi connectivity index (χ0) is 14.0. The van der Waals surface area contributed by atoms with Crippen molar-refractivity contribution in [2.75, 3.05) is 6.54 Å². The second kappa shape index (κ2) is 6.13. The Morgan fingerprint density at radius 3 is 2.42 bits per heavy atom. The van der Waals surface area contributed by atoms with Gasteiger partial charge in [0.25, 0.3) is 0 Å². The van der Waals surface area contributed by atoms with E-state index in [1.54, 1.807) is 0 Å². The summed E-state index contributed by atoms with van der Waals surface area (Å²) < 4.78 is 6.43. The lowest BCUT2D eigenvalue weighted by molar-refractivity contribution is -0.159. The van der Waals surface area contributed by atoms with Crippen molar-refractivity contribution in [3.05, 3.63) is 0 Å². The van der Waals surface area contributed by atoms with E-state index < -0.39 is 0 Å². The van der Waals surface area contributed by atoms with E-state index in [1.165, 1.54) is 32.1 Å². The van der Waals surface area contributed by atoms with Crippen LogP contribution in [0.4, 0.5) is 0 Å². The zero-order valence-electron chi connectivity index (χ0n) is 13.5. The average molecular weight is 267 g/mol. The summed E-state index contributed by atoms with van der Waals surface area (Å²) in [7, 11) is 0. The van der Waals surface area contributed by atoms with E-state index in [-0.39, 0.29) is 0 Å². The van der Waals surface area contributed by atoms with Gasteiger partial charge in [0, 0.05) is 11.5 Å². The lowest BCUT2D eigenvalue weighted by Crippen LogP contribution is -2.61. The van der Waals surface area contributed by atoms with E-state index in [4.69, 9.17) is 4.74 Å². The van der Waals surface area contributed by atoms with Gasteiger partial charge < -0.3 is 10.1 Å². The van der Waals surface area contributed by atoms with E-state index in [0.29, 0.717) is 23.7 Å². The molecular weight excluding hydrogens is 234 g/mol. The summed E-state index contributed by atoms with van der Waals surface area (Å²) in [5, 5.41) is 3.66. The third kappa shape index (κ3) is 3.33. The fourth-order valence-corrected chi connectivity index (χ4v) is 3.64. The molecular formula is C17H33NO. The summed E-state index contributed by atoms with van der Waals surface area (Å²) in [6, 6.07) is 0.650. The van der Waals surface area contributed by atoms with Crippen LogP contribution < -0.4 is 5.32 Å². The monoisotopic (exact) mass is 267 g/mol. The summed E-state index contributed by atoms with van der Waals surface area (Å²) in [5.41, 5.74) is 0.307. The highest BCUT2D eigenvalue weighted by Crippen LogP contribution is 2.45. The van der Waals surface area contributed by atoms with Crippen LogP contribution in [0.15, 0.2) is 0 Å². The van der Waals surface area contributed by atoms with Gasteiger partial charge in [-0.3, -0.25) is 0 Å². The van der Waals surface area contributed by atoms with Crippen LogP contribution in [-0.4, -0.2) is 24.8 Å². The van der Waals surface area contributed by atoms with E-state index in [2.05, 4.69) is 39.9 Å². The molecule has 0 bridgehead atoms. The van der Waals surface area contributed by atoms with Crippen LogP contribution in [0.1, 0.15) is 66.7 Å². The quantitative estimate of drug-likeness (QED) is 0.813. The molecule has 2 rings (SSSR count). The van der Waals surface area contributed by atoms with Crippen molar-refractivity contribution in [2.45, 2.75) is 85.0 Å². The molecule has 2 nitrogen and oxygen atoms in total. The van der Waals surface area contributed by atoms with Gasteiger partial charge in [-0.2, -0.15) is 0 Å². The van der Waals surface area contributed by atoms with Crippen LogP contribution in [-0.2, 0) is 4.74 Å². The minimum absolute atomic E-state index is 0.307. The number of ether oxygens (including phenoxy) is 1. The van der Waals surface area contributed by atoms with Gasteiger partial charge in [0.05, 0.1) is 12.2 Å². The van der Waals surface area contributed by atoms with Crippen LogP contribution in [0.5, 0.6) is 0 Å². The van der Waals surface area contributed by atoms with E-state index in [9.17, 15) is 0 Å². The zero-order valence-corrected chi connectivity index (χ0v) is 13.5. The smallest absolute Gasteiger partial charge is 0.0659 e. The molecule has 0 aliphatic heterocycles. The molecule has 112 valence electrons. The molecule has 0 saturated heterocycles. The molecule has 0 radical (unpaired) electrons. The molecule has 0 aromatic carbocycles. The normalized spacial score (nSPS) is 41.8. The van der Waals surface area contributed by atoms with Gasteiger partial charge in [-0.05, 0) is 50.5 Å². The number of nitrogens with one attached hydrogen (secondary N) is 1. The third-order valence-corrected chi connectivity index (χ3v) is 5.73. The summed E-state index contributed by atoms with van der Waals surface area (Å²) in [5.74, 6) is 1.71. The summed E-state index contributed by atoms with van der Waals surface area (Å²) in [6.45, 7) is 12.9. The second-order valence-corrected chi connectivity index (χ2v) is 7.58. The summed E-state index contributed by atoms with van der Waals surface area (Å²) >= 11 is 0. The van der Waals surface area contributed by atoms with Crippen molar-refractivity contribution in [3.8, 4) is 0 Å². The van der Waals surface area contributed by atoms with Crippen molar-refractivity contribution in [2.24, 2.45) is 17.3 Å². The lowest BCUT2D eigenvalue weighted by Gasteiger charge is -2.53. The Hall–Kier alpha value is -0.0800. The average Bonchev–Trinajstić information content (AvgIpc) is 2.37. The SMILES string of the molecule is CCCNC1CC(OC2CCC(C)C(C)C2)C1(C)C. The Morgan fingerprint density at radius 1 is 1.11 bits per heavy atom. The van der Waals surface area contributed by atoms with Gasteiger partial charge >= 0.3 is 0 Å². The van der Waals surface area contributed by atoms with Crippen LogP contribution in [0.25, 0.3) is 0 Å². The maximum Gasteiger partial charge on any atom is 0.0659 e. The number of rotatable bonds is 5. The molecule has 5 atom stereocenters. The second-order valence-electron chi connectivity index (χ2n) is 7.58. The molecule has 2 aliphatic rings. The molecule has 2 heteroatoms. The fourth-order valence-electron chi connectivity index (χ4n) is 3.64. The van der Waals surface area contributed by atoms with E-state index in [0.717, 1.165) is 18.4 Å². The van der Waals surface area contributed by atoms with Gasteiger partial charge in [0.2, 0.25) is 0 Å². The van der Waals surface area contributed by atoms with E-state index >= 15 is 0 Å². The number of hydrogen-bond acceptors (Lipinski definition) is 2. The molecule has 1 N–H and O–H groups in total. The largest absolute Gasteiger partial charge is 0.374 e. The highest BCUT2D eigenvalue weighted by atomic mass is 16.5. The highest BCUT2D eigenvalue weighted by molar-refractivity contribution is 5.03. The Bertz CT molecular complexity index is 289. The first-order valence-electron chi connectivity index (χ1n) is 8.34. The van der Waals surface area contributed by atoms with Crippen molar-refractivity contribution >= 4 is 0 Å². The van der Waals surface area contributed by atoms with Crippen LogP contribution in [0.2, 0.25) is 0 Å². The molecule has 0 aromatic rings.